The Balaban J connectivity index is 1.67. The second kappa shape index (κ2) is 9.50. The number of allylic oxidation sites excluding steroid dienone is 4. The van der Waals surface area contributed by atoms with Gasteiger partial charge in [0.15, 0.2) is 0 Å². The van der Waals surface area contributed by atoms with Gasteiger partial charge in [-0.25, -0.2) is 0 Å². The first kappa shape index (κ1) is 18.7. The molecule has 0 heterocycles. The lowest BCUT2D eigenvalue weighted by molar-refractivity contribution is 0.394. The molecule has 0 amide bonds. The van der Waals surface area contributed by atoms with Crippen molar-refractivity contribution in [3.05, 3.63) is 22.5 Å². The summed E-state index contributed by atoms with van der Waals surface area (Å²) in [6.07, 6.45) is 13.6. The first-order chi connectivity index (χ1) is 13.9. The third kappa shape index (κ3) is 4.98. The number of hydrogen-bond acceptors (Lipinski definition) is 2. The van der Waals surface area contributed by atoms with Crippen LogP contribution in [0.2, 0.25) is 0 Å². The fourth-order valence-electron chi connectivity index (χ4n) is 4.65. The van der Waals surface area contributed by atoms with Gasteiger partial charge in [0.1, 0.15) is 11.4 Å². The maximum Gasteiger partial charge on any atom is 0.136 e. The van der Waals surface area contributed by atoms with Crippen LogP contribution >= 0.6 is 0 Å². The van der Waals surface area contributed by atoms with Gasteiger partial charge in [-0.2, -0.15) is 0 Å². The van der Waals surface area contributed by atoms with Crippen LogP contribution in [0, 0.1) is 59.2 Å². The minimum absolute atomic E-state index is 0.716. The fourth-order valence-corrected chi connectivity index (χ4v) is 4.65. The van der Waals surface area contributed by atoms with Crippen LogP contribution < -0.4 is 0 Å². The molecule has 0 aliphatic heterocycles. The fraction of sp³-hybridized carbons (Fsp3) is 0.538. The average Bonchev–Trinajstić information content (AvgIpc) is 2.73. The zero-order valence-electron chi connectivity index (χ0n) is 16.5. The molecule has 4 aliphatic carbocycles. The zero-order valence-corrected chi connectivity index (χ0v) is 16.5. The van der Waals surface area contributed by atoms with Crippen LogP contribution in [0.1, 0.15) is 77.0 Å². The van der Waals surface area contributed by atoms with Crippen molar-refractivity contribution >= 4 is 0 Å². The number of hydrogen-bond donors (Lipinski definition) is 0. The largest absolute Gasteiger partial charge is 0.141 e. The van der Waals surface area contributed by atoms with E-state index in [1.807, 2.05) is 0 Å². The highest BCUT2D eigenvalue weighted by atomic mass is 15.1. The standard InChI is InChI=1S/C26H26N2/c1-3-7-17-25(23-15-9-13-21(19-23)11-5-1)27-28-26-18-8-4-2-6-12-22-14-10-16-24(26)20-22/h21-22H,5-6,9-16,19-20H2/b25-23+,26-24+,28-27-. The lowest BCUT2D eigenvalue weighted by Gasteiger charge is -2.24. The third-order valence-corrected chi connectivity index (χ3v) is 6.19. The van der Waals surface area contributed by atoms with Gasteiger partial charge in [-0.1, -0.05) is 11.8 Å². The highest BCUT2D eigenvalue weighted by Gasteiger charge is 2.21. The summed E-state index contributed by atoms with van der Waals surface area (Å²) < 4.78 is 0. The first-order valence-electron chi connectivity index (χ1n) is 10.7. The summed E-state index contributed by atoms with van der Waals surface area (Å²) in [7, 11) is 0. The van der Waals surface area contributed by atoms with Crippen molar-refractivity contribution in [2.45, 2.75) is 77.0 Å². The number of fused-ring (bicyclic) bond motifs is 4. The Morgan fingerprint density at radius 2 is 1.11 bits per heavy atom. The molecule has 4 bridgehead atoms. The van der Waals surface area contributed by atoms with Crippen molar-refractivity contribution in [3.63, 3.8) is 0 Å². The van der Waals surface area contributed by atoms with E-state index in [2.05, 4.69) is 57.6 Å². The molecule has 0 aromatic heterocycles. The number of azo groups is 1. The van der Waals surface area contributed by atoms with E-state index >= 15 is 0 Å². The van der Waals surface area contributed by atoms with Gasteiger partial charge < -0.3 is 0 Å². The molecule has 2 nitrogen and oxygen atoms in total. The second-order valence-corrected chi connectivity index (χ2v) is 8.21. The topological polar surface area (TPSA) is 24.7 Å². The van der Waals surface area contributed by atoms with Crippen LogP contribution in [0.3, 0.4) is 0 Å². The molecule has 4 aliphatic rings. The molecule has 2 atom stereocenters. The van der Waals surface area contributed by atoms with Crippen molar-refractivity contribution in [1.82, 2.24) is 0 Å². The molecule has 0 saturated heterocycles. The van der Waals surface area contributed by atoms with Crippen LogP contribution in [0.15, 0.2) is 32.8 Å². The molecule has 0 spiro atoms. The van der Waals surface area contributed by atoms with Gasteiger partial charge in [0, 0.05) is 12.8 Å². The Morgan fingerprint density at radius 3 is 1.61 bits per heavy atom. The first-order valence-corrected chi connectivity index (χ1v) is 10.7. The average molecular weight is 367 g/mol. The molecule has 2 saturated carbocycles. The van der Waals surface area contributed by atoms with Crippen molar-refractivity contribution in [1.29, 1.82) is 0 Å². The monoisotopic (exact) mass is 366 g/mol. The van der Waals surface area contributed by atoms with Crippen molar-refractivity contribution < 1.29 is 0 Å². The summed E-state index contributed by atoms with van der Waals surface area (Å²) in [4.78, 5) is 0. The third-order valence-electron chi connectivity index (χ3n) is 6.19. The van der Waals surface area contributed by atoms with Crippen molar-refractivity contribution in [3.8, 4) is 47.4 Å². The van der Waals surface area contributed by atoms with Crippen LogP contribution in [-0.4, -0.2) is 0 Å². The van der Waals surface area contributed by atoms with Gasteiger partial charge in [0.25, 0.3) is 0 Å². The van der Waals surface area contributed by atoms with Gasteiger partial charge >= 0.3 is 0 Å². The second-order valence-electron chi connectivity index (χ2n) is 8.21. The lowest BCUT2D eigenvalue weighted by Crippen LogP contribution is -2.10. The van der Waals surface area contributed by atoms with E-state index in [4.69, 9.17) is 0 Å². The quantitative estimate of drug-likeness (QED) is 0.427. The Hall–Kier alpha value is -2.68. The van der Waals surface area contributed by atoms with Crippen molar-refractivity contribution in [2.24, 2.45) is 22.1 Å². The Morgan fingerprint density at radius 1 is 0.607 bits per heavy atom. The summed E-state index contributed by atoms with van der Waals surface area (Å²) in [5, 5.41) is 9.26. The van der Waals surface area contributed by atoms with Gasteiger partial charge in [0.05, 0.1) is 0 Å². The van der Waals surface area contributed by atoms with Gasteiger partial charge in [-0.15, -0.1) is 10.2 Å². The molecule has 2 heteroatoms. The molecule has 0 N–H and O–H groups in total. The van der Waals surface area contributed by atoms with Gasteiger partial charge in [-0.05, 0) is 123 Å². The normalized spacial score (nSPS) is 31.7. The predicted molar refractivity (Wildman–Crippen MR) is 112 cm³/mol. The van der Waals surface area contributed by atoms with E-state index < -0.39 is 0 Å². The van der Waals surface area contributed by atoms with Crippen LogP contribution in [0.25, 0.3) is 0 Å². The lowest BCUT2D eigenvalue weighted by atomic mass is 9.82. The van der Waals surface area contributed by atoms with E-state index in [1.54, 1.807) is 0 Å². The molecule has 28 heavy (non-hydrogen) atoms. The molecule has 0 aromatic rings. The van der Waals surface area contributed by atoms with Crippen LogP contribution in [0.5, 0.6) is 0 Å². The van der Waals surface area contributed by atoms with E-state index in [1.165, 1.54) is 49.7 Å². The smallest absolute Gasteiger partial charge is 0.136 e. The minimum Gasteiger partial charge on any atom is -0.141 e. The summed E-state index contributed by atoms with van der Waals surface area (Å²) >= 11 is 0. The summed E-state index contributed by atoms with van der Waals surface area (Å²) in [6, 6.07) is 0. The number of rotatable bonds is 2. The Bertz CT molecular complexity index is 880. The van der Waals surface area contributed by atoms with Gasteiger partial charge in [-0.3, -0.25) is 0 Å². The molecular formula is C26H26N2. The van der Waals surface area contributed by atoms with E-state index in [9.17, 15) is 0 Å². The molecule has 2 unspecified atom stereocenters. The van der Waals surface area contributed by atoms with E-state index in [0.717, 1.165) is 49.9 Å². The molecule has 0 aromatic carbocycles. The number of nitrogens with zero attached hydrogens (tertiary/aromatic N) is 2. The van der Waals surface area contributed by atoms with Crippen LogP contribution in [0.4, 0.5) is 0 Å². The van der Waals surface area contributed by atoms with Gasteiger partial charge in [0.2, 0.25) is 0 Å². The van der Waals surface area contributed by atoms with E-state index in [-0.39, 0.29) is 0 Å². The van der Waals surface area contributed by atoms with Crippen LogP contribution in [-0.2, 0) is 0 Å². The van der Waals surface area contributed by atoms with E-state index in [0.29, 0.717) is 11.8 Å². The highest BCUT2D eigenvalue weighted by Crippen LogP contribution is 2.35. The molecule has 0 radical (unpaired) electrons. The molecule has 2 fully saturated rings. The zero-order chi connectivity index (χ0) is 19.0. The van der Waals surface area contributed by atoms with Crippen molar-refractivity contribution in [2.75, 3.05) is 0 Å². The maximum absolute atomic E-state index is 4.63. The molecule has 4 rings (SSSR count). The maximum atomic E-state index is 4.63. The predicted octanol–water partition coefficient (Wildman–Crippen LogP) is 5.93. The summed E-state index contributed by atoms with van der Waals surface area (Å²) in [6.45, 7) is 0. The molecular weight excluding hydrogens is 340 g/mol. The Kier molecular flexibility index (Phi) is 6.33. The minimum atomic E-state index is 0.716. The summed E-state index contributed by atoms with van der Waals surface area (Å²) in [5.74, 6) is 26.1. The highest BCUT2D eigenvalue weighted by molar-refractivity contribution is 5.42. The Labute approximate surface area is 169 Å². The summed E-state index contributed by atoms with van der Waals surface area (Å²) in [5.41, 5.74) is 4.37. The molecule has 140 valence electrons. The SMILES string of the molecule is C1#CCCC2CCC\C(=C(/N=N\C3=C4/CCCC(CCC#CC#C3)C4)C#C1)C2.